The zero-order valence-corrected chi connectivity index (χ0v) is 13.8. The summed E-state index contributed by atoms with van der Waals surface area (Å²) in [6.07, 6.45) is 4.78. The van der Waals surface area contributed by atoms with E-state index in [1.54, 1.807) is 0 Å². The van der Waals surface area contributed by atoms with Gasteiger partial charge in [-0.1, -0.05) is 62.2 Å². The zero-order valence-electron chi connectivity index (χ0n) is 13.8. The molecular formula is C20H25NO2. The first-order valence-corrected chi connectivity index (χ1v) is 8.41. The summed E-state index contributed by atoms with van der Waals surface area (Å²) in [7, 11) is 0. The fourth-order valence-corrected chi connectivity index (χ4v) is 2.92. The molecule has 2 aromatic rings. The highest BCUT2D eigenvalue weighted by Gasteiger charge is 2.17. The smallest absolute Gasteiger partial charge is 0.224 e. The van der Waals surface area contributed by atoms with Gasteiger partial charge in [-0.2, -0.15) is 0 Å². The third-order valence-electron chi connectivity index (χ3n) is 4.36. The summed E-state index contributed by atoms with van der Waals surface area (Å²) in [4.78, 5) is 23.1. The van der Waals surface area contributed by atoms with E-state index in [1.165, 1.54) is 0 Å². The highest BCUT2D eigenvalue weighted by Crippen LogP contribution is 2.26. The first kappa shape index (κ1) is 17.2. The van der Waals surface area contributed by atoms with E-state index < -0.39 is 0 Å². The topological polar surface area (TPSA) is 60.2 Å². The lowest BCUT2D eigenvalue weighted by Gasteiger charge is -2.14. The predicted molar refractivity (Wildman–Crippen MR) is 94.3 cm³/mol. The molecule has 0 saturated heterocycles. The summed E-state index contributed by atoms with van der Waals surface area (Å²) >= 11 is 0. The molecule has 0 bridgehead atoms. The van der Waals surface area contributed by atoms with E-state index in [1.807, 2.05) is 37.3 Å². The third-order valence-corrected chi connectivity index (χ3v) is 4.36. The number of rotatable bonds is 9. The molecule has 3 nitrogen and oxygen atoms in total. The van der Waals surface area contributed by atoms with E-state index in [4.69, 9.17) is 5.73 Å². The maximum Gasteiger partial charge on any atom is 0.224 e. The predicted octanol–water partition coefficient (Wildman–Crippen LogP) is 4.34. The number of carbonyl (C=O) groups excluding carboxylic acids is 2. The second-order valence-electron chi connectivity index (χ2n) is 6.05. The Bertz CT molecular complexity index is 678. The largest absolute Gasteiger partial charge is 0.369 e. The molecule has 0 radical (unpaired) electrons. The van der Waals surface area contributed by atoms with Crippen molar-refractivity contribution < 1.29 is 9.59 Å². The van der Waals surface area contributed by atoms with Gasteiger partial charge in [-0.3, -0.25) is 9.59 Å². The van der Waals surface area contributed by atoms with Gasteiger partial charge in [-0.05, 0) is 29.2 Å². The van der Waals surface area contributed by atoms with Crippen molar-refractivity contribution in [3.8, 4) is 0 Å². The molecule has 0 aliphatic heterocycles. The Hall–Kier alpha value is -2.16. The van der Waals surface area contributed by atoms with Crippen LogP contribution in [0.2, 0.25) is 0 Å². The Morgan fingerprint density at radius 3 is 2.43 bits per heavy atom. The second kappa shape index (κ2) is 8.47. The van der Waals surface area contributed by atoms with Crippen molar-refractivity contribution in [2.45, 2.75) is 51.4 Å². The standard InChI is InChI=1S/C20H25NO2/c1-2-18(22)10-4-3-5-11-19(20(21)23)17-13-12-15-8-6-7-9-16(15)14-17/h6-9,12-14,19H,2-5,10-11H2,1H3,(H2,21,23). The summed E-state index contributed by atoms with van der Waals surface area (Å²) in [5.41, 5.74) is 6.59. The molecular weight excluding hydrogens is 286 g/mol. The number of nitrogens with two attached hydrogens (primary N) is 1. The van der Waals surface area contributed by atoms with Crippen molar-refractivity contribution in [2.24, 2.45) is 5.73 Å². The van der Waals surface area contributed by atoms with E-state index >= 15 is 0 Å². The minimum Gasteiger partial charge on any atom is -0.369 e. The van der Waals surface area contributed by atoms with Gasteiger partial charge in [0.15, 0.2) is 0 Å². The van der Waals surface area contributed by atoms with Crippen LogP contribution in [0.4, 0.5) is 0 Å². The van der Waals surface area contributed by atoms with E-state index in [2.05, 4.69) is 12.1 Å². The van der Waals surface area contributed by atoms with Crippen LogP contribution in [0.15, 0.2) is 42.5 Å². The van der Waals surface area contributed by atoms with Crippen LogP contribution in [0.3, 0.4) is 0 Å². The Morgan fingerprint density at radius 1 is 1.00 bits per heavy atom. The van der Waals surface area contributed by atoms with Crippen LogP contribution in [-0.4, -0.2) is 11.7 Å². The Morgan fingerprint density at radius 2 is 1.74 bits per heavy atom. The molecule has 0 aliphatic carbocycles. The van der Waals surface area contributed by atoms with Gasteiger partial charge in [-0.25, -0.2) is 0 Å². The van der Waals surface area contributed by atoms with Crippen molar-refractivity contribution >= 4 is 22.5 Å². The van der Waals surface area contributed by atoms with E-state index in [0.717, 1.165) is 42.0 Å². The van der Waals surface area contributed by atoms with Crippen LogP contribution in [0.1, 0.15) is 56.9 Å². The molecule has 3 heteroatoms. The fraction of sp³-hybridized carbons (Fsp3) is 0.400. The minimum atomic E-state index is -0.273. The number of ketones is 1. The van der Waals surface area contributed by atoms with Gasteiger partial charge >= 0.3 is 0 Å². The first-order chi connectivity index (χ1) is 11.1. The fourth-order valence-electron chi connectivity index (χ4n) is 2.92. The Labute approximate surface area is 137 Å². The number of benzene rings is 2. The lowest BCUT2D eigenvalue weighted by molar-refractivity contribution is -0.120. The van der Waals surface area contributed by atoms with Crippen LogP contribution in [-0.2, 0) is 9.59 Å². The molecule has 1 amide bonds. The number of primary amides is 1. The Kier molecular flexibility index (Phi) is 6.33. The normalized spacial score (nSPS) is 12.2. The van der Waals surface area contributed by atoms with Gasteiger partial charge in [0.1, 0.15) is 5.78 Å². The lowest BCUT2D eigenvalue weighted by atomic mass is 9.91. The molecule has 0 aliphatic rings. The molecule has 0 saturated carbocycles. The van der Waals surface area contributed by atoms with Crippen molar-refractivity contribution in [3.63, 3.8) is 0 Å². The molecule has 0 spiro atoms. The zero-order chi connectivity index (χ0) is 16.7. The van der Waals surface area contributed by atoms with E-state index in [-0.39, 0.29) is 11.8 Å². The third kappa shape index (κ3) is 4.92. The van der Waals surface area contributed by atoms with E-state index in [9.17, 15) is 9.59 Å². The molecule has 0 heterocycles. The average Bonchev–Trinajstić information content (AvgIpc) is 2.57. The van der Waals surface area contributed by atoms with Gasteiger partial charge in [0.2, 0.25) is 5.91 Å². The van der Waals surface area contributed by atoms with Crippen molar-refractivity contribution in [2.75, 3.05) is 0 Å². The van der Waals surface area contributed by atoms with Gasteiger partial charge in [0.25, 0.3) is 0 Å². The number of hydrogen-bond donors (Lipinski definition) is 1. The summed E-state index contributed by atoms with van der Waals surface area (Å²) in [6, 6.07) is 14.2. The number of hydrogen-bond acceptors (Lipinski definition) is 2. The molecule has 1 atom stereocenters. The molecule has 122 valence electrons. The summed E-state index contributed by atoms with van der Waals surface area (Å²) in [5, 5.41) is 2.29. The molecule has 2 rings (SSSR count). The van der Waals surface area contributed by atoms with Crippen LogP contribution >= 0.6 is 0 Å². The monoisotopic (exact) mass is 311 g/mol. The van der Waals surface area contributed by atoms with Crippen LogP contribution in [0, 0.1) is 0 Å². The molecule has 1 unspecified atom stereocenters. The minimum absolute atomic E-state index is 0.249. The van der Waals surface area contributed by atoms with Crippen LogP contribution < -0.4 is 5.73 Å². The molecule has 0 aromatic heterocycles. The molecule has 23 heavy (non-hydrogen) atoms. The number of Topliss-reactive ketones (excluding diaryl/α,β-unsaturated/α-hetero) is 1. The maximum atomic E-state index is 11.8. The van der Waals surface area contributed by atoms with Gasteiger partial charge in [-0.15, -0.1) is 0 Å². The Balaban J connectivity index is 1.97. The highest BCUT2D eigenvalue weighted by molar-refractivity contribution is 5.87. The highest BCUT2D eigenvalue weighted by atomic mass is 16.1. The van der Waals surface area contributed by atoms with E-state index in [0.29, 0.717) is 18.6 Å². The van der Waals surface area contributed by atoms with Gasteiger partial charge in [0, 0.05) is 12.8 Å². The number of carbonyl (C=O) groups is 2. The lowest BCUT2D eigenvalue weighted by Crippen LogP contribution is -2.21. The summed E-state index contributed by atoms with van der Waals surface area (Å²) in [5.74, 6) is -0.211. The molecule has 0 fully saturated rings. The number of amides is 1. The van der Waals surface area contributed by atoms with Crippen molar-refractivity contribution in [3.05, 3.63) is 48.0 Å². The van der Waals surface area contributed by atoms with Crippen LogP contribution in [0.25, 0.3) is 10.8 Å². The first-order valence-electron chi connectivity index (χ1n) is 8.41. The number of unbranched alkanes of at least 4 members (excludes halogenated alkanes) is 2. The molecule has 2 N–H and O–H groups in total. The van der Waals surface area contributed by atoms with Crippen molar-refractivity contribution in [1.82, 2.24) is 0 Å². The molecule has 2 aromatic carbocycles. The maximum absolute atomic E-state index is 11.8. The summed E-state index contributed by atoms with van der Waals surface area (Å²) < 4.78 is 0. The quantitative estimate of drug-likeness (QED) is 0.700. The number of fused-ring (bicyclic) bond motifs is 1. The van der Waals surface area contributed by atoms with Crippen molar-refractivity contribution in [1.29, 1.82) is 0 Å². The van der Waals surface area contributed by atoms with Gasteiger partial charge in [0.05, 0.1) is 5.92 Å². The summed E-state index contributed by atoms with van der Waals surface area (Å²) in [6.45, 7) is 1.89. The van der Waals surface area contributed by atoms with Crippen LogP contribution in [0.5, 0.6) is 0 Å². The second-order valence-corrected chi connectivity index (χ2v) is 6.05. The van der Waals surface area contributed by atoms with Gasteiger partial charge < -0.3 is 5.73 Å². The average molecular weight is 311 g/mol. The SMILES string of the molecule is CCC(=O)CCCCCC(C(N)=O)c1ccc2ccccc2c1.